The summed E-state index contributed by atoms with van der Waals surface area (Å²) in [4.78, 5) is 9.27. The Balaban J connectivity index is 1.83. The zero-order valence-electron chi connectivity index (χ0n) is 12.3. The lowest BCUT2D eigenvalue weighted by Crippen LogP contribution is -2.04. The predicted octanol–water partition coefficient (Wildman–Crippen LogP) is 4.66. The van der Waals surface area contributed by atoms with E-state index in [0.29, 0.717) is 18.0 Å². The second-order valence-electron chi connectivity index (χ2n) is 5.13. The van der Waals surface area contributed by atoms with Gasteiger partial charge in [0.25, 0.3) is 0 Å². The summed E-state index contributed by atoms with van der Waals surface area (Å²) in [6.45, 7) is 0.593. The van der Waals surface area contributed by atoms with E-state index in [1.54, 1.807) is 11.3 Å². The van der Waals surface area contributed by atoms with Crippen molar-refractivity contribution >= 4 is 21.6 Å². The average Bonchev–Trinajstić information content (AvgIpc) is 3.10. The van der Waals surface area contributed by atoms with Crippen molar-refractivity contribution in [1.82, 2.24) is 4.98 Å². The molecular formula is C19H14N2OS. The fourth-order valence-electron chi connectivity index (χ4n) is 2.38. The van der Waals surface area contributed by atoms with E-state index in [1.807, 2.05) is 60.0 Å². The van der Waals surface area contributed by atoms with Gasteiger partial charge in [-0.2, -0.15) is 0 Å². The Labute approximate surface area is 137 Å². The molecule has 0 N–H and O–H groups in total. The van der Waals surface area contributed by atoms with Gasteiger partial charge in [-0.05, 0) is 29.1 Å². The number of aromatic nitrogens is 1. The Morgan fingerprint density at radius 3 is 2.43 bits per heavy atom. The van der Waals surface area contributed by atoms with Gasteiger partial charge in [0.1, 0.15) is 4.70 Å². The van der Waals surface area contributed by atoms with E-state index in [9.17, 15) is 0 Å². The summed E-state index contributed by atoms with van der Waals surface area (Å²) in [6, 6.07) is 22.1. The van der Waals surface area contributed by atoms with Crippen LogP contribution in [0.2, 0.25) is 0 Å². The quantitative estimate of drug-likeness (QED) is 0.551. The minimum Gasteiger partial charge on any atom is -0.419 e. The Morgan fingerprint density at radius 2 is 1.65 bits per heavy atom. The third-order valence-corrected chi connectivity index (χ3v) is 4.41. The maximum Gasteiger partial charge on any atom is 0.236 e. The van der Waals surface area contributed by atoms with Gasteiger partial charge in [-0.3, -0.25) is 0 Å². The van der Waals surface area contributed by atoms with E-state index in [1.165, 1.54) is 0 Å². The molecule has 2 aromatic carbocycles. The summed E-state index contributed by atoms with van der Waals surface area (Å²) < 4.78 is 6.98. The molecular weight excluding hydrogens is 304 g/mol. The van der Waals surface area contributed by atoms with E-state index in [-0.39, 0.29) is 0 Å². The molecule has 0 amide bonds. The van der Waals surface area contributed by atoms with Crippen LogP contribution in [-0.4, -0.2) is 4.98 Å². The van der Waals surface area contributed by atoms with Crippen LogP contribution in [0.5, 0.6) is 0 Å². The summed E-state index contributed by atoms with van der Waals surface area (Å²) in [7, 11) is 0. The molecule has 2 aromatic heterocycles. The maximum absolute atomic E-state index is 5.99. The van der Waals surface area contributed by atoms with Crippen LogP contribution < -0.4 is 5.55 Å². The zero-order valence-corrected chi connectivity index (χ0v) is 13.2. The smallest absolute Gasteiger partial charge is 0.236 e. The number of nitrogens with zero attached hydrogens (tertiary/aromatic N) is 2. The summed E-state index contributed by atoms with van der Waals surface area (Å²) in [5.41, 5.74) is 3.68. The number of hydrogen-bond donors (Lipinski definition) is 0. The molecule has 0 atom stereocenters. The maximum atomic E-state index is 5.99. The summed E-state index contributed by atoms with van der Waals surface area (Å²) in [6.07, 6.45) is 0. The molecule has 0 aliphatic heterocycles. The SMILES string of the molecule is c1ccc(CN=c2oc(-c3ccccc3)nc3ccsc23)cc1. The molecule has 4 rings (SSSR count). The van der Waals surface area contributed by atoms with Crippen LogP contribution in [0.25, 0.3) is 21.7 Å². The van der Waals surface area contributed by atoms with Crippen LogP contribution in [0.15, 0.2) is 81.5 Å². The number of benzene rings is 2. The molecule has 0 aliphatic rings. The molecule has 0 aliphatic carbocycles. The Morgan fingerprint density at radius 1 is 0.913 bits per heavy atom. The standard InChI is InChI=1S/C19H14N2OS/c1-3-7-14(8-4-1)13-20-19-17-16(11-12-23-17)21-18(22-19)15-9-5-2-6-10-15/h1-12H,13H2. The fourth-order valence-corrected chi connectivity index (χ4v) is 3.15. The first kappa shape index (κ1) is 13.9. The lowest BCUT2D eigenvalue weighted by molar-refractivity contribution is 0.498. The minimum atomic E-state index is 0.593. The van der Waals surface area contributed by atoms with Crippen LogP contribution in [0.4, 0.5) is 0 Å². The topological polar surface area (TPSA) is 38.4 Å². The first-order valence-corrected chi connectivity index (χ1v) is 8.26. The molecule has 2 heterocycles. The lowest BCUT2D eigenvalue weighted by Gasteiger charge is -2.01. The highest BCUT2D eigenvalue weighted by molar-refractivity contribution is 7.17. The largest absolute Gasteiger partial charge is 0.419 e. The molecule has 3 nitrogen and oxygen atoms in total. The van der Waals surface area contributed by atoms with Crippen molar-refractivity contribution < 1.29 is 4.42 Å². The zero-order chi connectivity index (χ0) is 15.5. The summed E-state index contributed by atoms with van der Waals surface area (Å²) in [5, 5.41) is 2.02. The molecule has 0 saturated carbocycles. The molecule has 23 heavy (non-hydrogen) atoms. The molecule has 0 fully saturated rings. The molecule has 0 bridgehead atoms. The van der Waals surface area contributed by atoms with Gasteiger partial charge in [-0.25, -0.2) is 9.98 Å². The molecule has 0 spiro atoms. The van der Waals surface area contributed by atoms with Gasteiger partial charge in [-0.15, -0.1) is 11.3 Å². The van der Waals surface area contributed by atoms with Gasteiger partial charge < -0.3 is 4.42 Å². The van der Waals surface area contributed by atoms with Crippen molar-refractivity contribution in [3.63, 3.8) is 0 Å². The third-order valence-electron chi connectivity index (χ3n) is 3.52. The van der Waals surface area contributed by atoms with Crippen LogP contribution >= 0.6 is 11.3 Å². The first-order chi connectivity index (χ1) is 11.4. The first-order valence-electron chi connectivity index (χ1n) is 7.38. The molecule has 112 valence electrons. The summed E-state index contributed by atoms with van der Waals surface area (Å²) >= 11 is 1.60. The fraction of sp³-hybridized carbons (Fsp3) is 0.0526. The van der Waals surface area contributed by atoms with Crippen molar-refractivity contribution in [3.8, 4) is 11.5 Å². The highest BCUT2D eigenvalue weighted by Gasteiger charge is 2.08. The number of hydrogen-bond acceptors (Lipinski definition) is 4. The van der Waals surface area contributed by atoms with Gasteiger partial charge in [0.15, 0.2) is 0 Å². The van der Waals surface area contributed by atoms with E-state index >= 15 is 0 Å². The van der Waals surface area contributed by atoms with Gasteiger partial charge >= 0.3 is 0 Å². The van der Waals surface area contributed by atoms with Crippen molar-refractivity contribution in [1.29, 1.82) is 0 Å². The molecule has 0 unspecified atom stereocenters. The van der Waals surface area contributed by atoms with Crippen LogP contribution in [0, 0.1) is 0 Å². The third kappa shape index (κ3) is 2.94. The Hall–Kier alpha value is -2.72. The lowest BCUT2D eigenvalue weighted by atomic mass is 10.2. The van der Waals surface area contributed by atoms with Crippen molar-refractivity contribution in [2.45, 2.75) is 6.54 Å². The van der Waals surface area contributed by atoms with E-state index in [4.69, 9.17) is 4.42 Å². The normalized spacial score (nSPS) is 11.9. The average molecular weight is 318 g/mol. The van der Waals surface area contributed by atoms with Crippen LogP contribution in [0.1, 0.15) is 5.56 Å². The monoisotopic (exact) mass is 318 g/mol. The number of rotatable bonds is 3. The molecule has 0 radical (unpaired) electrons. The number of thiophene rings is 1. The van der Waals surface area contributed by atoms with Crippen LogP contribution in [-0.2, 0) is 6.54 Å². The molecule has 4 heteroatoms. The van der Waals surface area contributed by atoms with Gasteiger partial charge in [-0.1, -0.05) is 48.5 Å². The summed E-state index contributed by atoms with van der Waals surface area (Å²) in [5.74, 6) is 0.600. The highest BCUT2D eigenvalue weighted by atomic mass is 32.1. The van der Waals surface area contributed by atoms with E-state index in [0.717, 1.165) is 21.3 Å². The van der Waals surface area contributed by atoms with Gasteiger partial charge in [0.05, 0.1) is 12.1 Å². The van der Waals surface area contributed by atoms with Gasteiger partial charge in [0, 0.05) is 5.56 Å². The second-order valence-corrected chi connectivity index (χ2v) is 6.04. The molecule has 4 aromatic rings. The predicted molar refractivity (Wildman–Crippen MR) is 93.0 cm³/mol. The van der Waals surface area contributed by atoms with Crippen molar-refractivity contribution in [3.05, 3.63) is 83.2 Å². The second kappa shape index (κ2) is 6.18. The van der Waals surface area contributed by atoms with E-state index < -0.39 is 0 Å². The van der Waals surface area contributed by atoms with Crippen molar-refractivity contribution in [2.75, 3.05) is 0 Å². The Kier molecular flexibility index (Phi) is 3.74. The Bertz CT molecular complexity index is 988. The minimum absolute atomic E-state index is 0.593. The highest BCUT2D eigenvalue weighted by Crippen LogP contribution is 2.21. The number of fused-ring (bicyclic) bond motifs is 1. The van der Waals surface area contributed by atoms with Crippen LogP contribution in [0.3, 0.4) is 0 Å². The van der Waals surface area contributed by atoms with Crippen molar-refractivity contribution in [2.24, 2.45) is 4.99 Å². The van der Waals surface area contributed by atoms with Gasteiger partial charge in [0.2, 0.25) is 11.4 Å². The molecule has 0 saturated heterocycles. The van der Waals surface area contributed by atoms with E-state index in [2.05, 4.69) is 22.1 Å².